The molecule has 0 aliphatic carbocycles. The number of nitrogens with one attached hydrogen (secondary N) is 1. The summed E-state index contributed by atoms with van der Waals surface area (Å²) in [6, 6.07) is 17.5. The Balaban J connectivity index is 1.57. The molecule has 2 N–H and O–H groups in total. The number of esters is 1. The summed E-state index contributed by atoms with van der Waals surface area (Å²) in [4.78, 5) is 17.1. The van der Waals surface area contributed by atoms with Crippen LogP contribution in [0.5, 0.6) is 0 Å². The number of nitrogens with zero attached hydrogens (tertiary/aromatic N) is 1. The number of anilines is 1. The molecule has 1 aliphatic rings. The molecule has 0 spiro atoms. The summed E-state index contributed by atoms with van der Waals surface area (Å²) in [6.07, 6.45) is -1.35. The van der Waals surface area contributed by atoms with Gasteiger partial charge in [-0.05, 0) is 74.4 Å². The Labute approximate surface area is 261 Å². The Morgan fingerprint density at radius 1 is 1.07 bits per heavy atom. The number of carbonyl (C=O) groups is 1. The van der Waals surface area contributed by atoms with E-state index in [-0.39, 0.29) is 23.4 Å². The number of halogens is 3. The molecular weight excluding hydrogens is 609 g/mol. The minimum Gasteiger partial charge on any atom is -0.512 e. The van der Waals surface area contributed by atoms with Gasteiger partial charge in [0, 0.05) is 37.4 Å². The SMILES string of the molecule is CCOCCC[C@@]1(CCc2ccccc2)CC(O)=C([C@H](CC)c2cccc(NS(=O)(=O)c3ccc(C(F)(F)F)cn3)c2)C(=O)O1. The van der Waals surface area contributed by atoms with Crippen molar-refractivity contribution in [1.29, 1.82) is 0 Å². The summed E-state index contributed by atoms with van der Waals surface area (Å²) in [6.45, 7) is 4.81. The fourth-order valence-corrected chi connectivity index (χ4v) is 6.53. The summed E-state index contributed by atoms with van der Waals surface area (Å²) in [7, 11) is -4.32. The summed E-state index contributed by atoms with van der Waals surface area (Å²) in [5.74, 6) is -1.31. The second-order valence-corrected chi connectivity index (χ2v) is 12.6. The Bertz CT molecular complexity index is 1590. The van der Waals surface area contributed by atoms with E-state index in [1.54, 1.807) is 12.1 Å². The quantitative estimate of drug-likeness (QED) is 0.139. The first-order valence-corrected chi connectivity index (χ1v) is 16.3. The third-order valence-corrected chi connectivity index (χ3v) is 9.10. The molecule has 0 fully saturated rings. The molecule has 3 aromatic rings. The normalized spacial score (nSPS) is 18.0. The van der Waals surface area contributed by atoms with Gasteiger partial charge in [-0.3, -0.25) is 4.72 Å². The van der Waals surface area contributed by atoms with Gasteiger partial charge in [0.25, 0.3) is 10.0 Å². The van der Waals surface area contributed by atoms with Crippen LogP contribution in [0.4, 0.5) is 18.9 Å². The Kier molecular flexibility index (Phi) is 10.9. The van der Waals surface area contributed by atoms with Gasteiger partial charge in [-0.1, -0.05) is 49.4 Å². The number of aromatic nitrogens is 1. The van der Waals surface area contributed by atoms with E-state index in [0.29, 0.717) is 63.1 Å². The molecule has 0 unspecified atom stereocenters. The molecule has 0 saturated heterocycles. The first kappa shape index (κ1) is 34.0. The zero-order valence-electron chi connectivity index (χ0n) is 25.1. The number of carbonyl (C=O) groups excluding carboxylic acids is 1. The Morgan fingerprint density at radius 2 is 1.82 bits per heavy atom. The number of sulfonamides is 1. The van der Waals surface area contributed by atoms with E-state index < -0.39 is 44.3 Å². The minimum absolute atomic E-state index is 0.0671. The molecule has 2 aromatic carbocycles. The van der Waals surface area contributed by atoms with Crippen molar-refractivity contribution in [3.63, 3.8) is 0 Å². The van der Waals surface area contributed by atoms with Crippen molar-refractivity contribution in [2.45, 2.75) is 75.1 Å². The van der Waals surface area contributed by atoms with Crippen molar-refractivity contribution < 1.29 is 41.0 Å². The van der Waals surface area contributed by atoms with Gasteiger partial charge in [-0.15, -0.1) is 0 Å². The van der Waals surface area contributed by atoms with Gasteiger partial charge < -0.3 is 14.6 Å². The van der Waals surface area contributed by atoms with Gasteiger partial charge >= 0.3 is 12.1 Å². The van der Waals surface area contributed by atoms with Crippen LogP contribution in [0.2, 0.25) is 0 Å². The van der Waals surface area contributed by atoms with Gasteiger partial charge in [0.15, 0.2) is 5.03 Å². The van der Waals surface area contributed by atoms with E-state index >= 15 is 0 Å². The second kappa shape index (κ2) is 14.5. The number of hydrogen-bond donors (Lipinski definition) is 2. The molecular formula is C33H37F3N2O6S. The van der Waals surface area contributed by atoms with E-state index in [0.717, 1.165) is 11.6 Å². The fraction of sp³-hybridized carbons (Fsp3) is 0.394. The van der Waals surface area contributed by atoms with Gasteiger partial charge in [0.2, 0.25) is 0 Å². The van der Waals surface area contributed by atoms with Crippen molar-refractivity contribution in [2.24, 2.45) is 0 Å². The molecule has 8 nitrogen and oxygen atoms in total. The minimum atomic E-state index is -4.66. The molecule has 2 atom stereocenters. The van der Waals surface area contributed by atoms with Crippen LogP contribution in [0.1, 0.15) is 68.6 Å². The maximum Gasteiger partial charge on any atom is 0.417 e. The summed E-state index contributed by atoms with van der Waals surface area (Å²) >= 11 is 0. The zero-order chi connectivity index (χ0) is 32.7. The number of benzene rings is 2. The number of aliphatic hydroxyl groups is 1. The number of hydrogen-bond acceptors (Lipinski definition) is 7. The van der Waals surface area contributed by atoms with Crippen molar-refractivity contribution >= 4 is 21.7 Å². The average Bonchev–Trinajstić information content (AvgIpc) is 3.00. The number of aryl methyl sites for hydroxylation is 1. The highest BCUT2D eigenvalue weighted by Gasteiger charge is 2.43. The maximum absolute atomic E-state index is 13.6. The van der Waals surface area contributed by atoms with Gasteiger partial charge in [-0.2, -0.15) is 21.6 Å². The highest BCUT2D eigenvalue weighted by Crippen LogP contribution is 2.42. The number of ether oxygens (including phenoxy) is 2. The molecule has 45 heavy (non-hydrogen) atoms. The molecule has 0 saturated carbocycles. The predicted octanol–water partition coefficient (Wildman–Crippen LogP) is 7.34. The van der Waals surface area contributed by atoms with Crippen LogP contribution in [-0.4, -0.2) is 43.3 Å². The monoisotopic (exact) mass is 646 g/mol. The molecule has 2 heterocycles. The van der Waals surface area contributed by atoms with Crippen LogP contribution in [0.25, 0.3) is 0 Å². The van der Waals surface area contributed by atoms with Crippen LogP contribution in [-0.2, 0) is 36.9 Å². The third-order valence-electron chi connectivity index (χ3n) is 7.80. The van der Waals surface area contributed by atoms with Gasteiger partial charge in [0.1, 0.15) is 11.4 Å². The average molecular weight is 647 g/mol. The molecule has 12 heteroatoms. The van der Waals surface area contributed by atoms with E-state index in [4.69, 9.17) is 9.47 Å². The number of pyridine rings is 1. The third kappa shape index (κ3) is 8.64. The van der Waals surface area contributed by atoms with Crippen molar-refractivity contribution in [1.82, 2.24) is 4.98 Å². The number of alkyl halides is 3. The van der Waals surface area contributed by atoms with Crippen LogP contribution in [0.15, 0.2) is 89.3 Å². The standard InChI is InChI=1S/C33H37F3N2O6S/c1-3-27(24-12-8-13-26(20-24)38-45(41,42)29-15-14-25(22-37-29)33(34,35)36)30-28(39)21-32(44-31(30)40,17-9-19-43-4-2)18-16-23-10-6-5-7-11-23/h5-8,10-15,20,22,27,38-39H,3-4,9,16-19,21H2,1-2H3/t27-,32-/m1/s1. The van der Waals surface area contributed by atoms with Gasteiger partial charge in [0.05, 0.1) is 11.1 Å². The first-order chi connectivity index (χ1) is 21.4. The smallest absolute Gasteiger partial charge is 0.417 e. The Morgan fingerprint density at radius 3 is 2.44 bits per heavy atom. The summed E-state index contributed by atoms with van der Waals surface area (Å²) in [5.41, 5.74) is -0.122. The van der Waals surface area contributed by atoms with Crippen LogP contribution in [0, 0.1) is 0 Å². The molecule has 0 bridgehead atoms. The molecule has 4 rings (SSSR count). The molecule has 242 valence electrons. The first-order valence-electron chi connectivity index (χ1n) is 14.8. The van der Waals surface area contributed by atoms with E-state index in [9.17, 15) is 31.5 Å². The lowest BCUT2D eigenvalue weighted by atomic mass is 9.80. The van der Waals surface area contributed by atoms with Crippen molar-refractivity contribution in [2.75, 3.05) is 17.9 Å². The van der Waals surface area contributed by atoms with Crippen LogP contribution < -0.4 is 4.72 Å². The molecule has 0 amide bonds. The predicted molar refractivity (Wildman–Crippen MR) is 163 cm³/mol. The Hall–Kier alpha value is -3.90. The highest BCUT2D eigenvalue weighted by atomic mass is 32.2. The highest BCUT2D eigenvalue weighted by molar-refractivity contribution is 7.92. The molecule has 0 radical (unpaired) electrons. The largest absolute Gasteiger partial charge is 0.512 e. The number of rotatable bonds is 14. The van der Waals surface area contributed by atoms with Crippen molar-refractivity contribution in [3.05, 3.63) is 101 Å². The lowest BCUT2D eigenvalue weighted by Gasteiger charge is -2.39. The van der Waals surface area contributed by atoms with Crippen LogP contribution >= 0.6 is 0 Å². The summed E-state index contributed by atoms with van der Waals surface area (Å²) in [5, 5.41) is 10.8. The fourth-order valence-electron chi connectivity index (χ4n) is 5.55. The van der Waals surface area contributed by atoms with E-state index in [2.05, 4.69) is 9.71 Å². The second-order valence-electron chi connectivity index (χ2n) is 11.0. The lowest BCUT2D eigenvalue weighted by molar-refractivity contribution is -0.161. The van der Waals surface area contributed by atoms with Gasteiger partial charge in [-0.25, -0.2) is 9.78 Å². The van der Waals surface area contributed by atoms with E-state index in [1.807, 2.05) is 44.2 Å². The van der Waals surface area contributed by atoms with Crippen molar-refractivity contribution in [3.8, 4) is 0 Å². The zero-order valence-corrected chi connectivity index (χ0v) is 26.0. The topological polar surface area (TPSA) is 115 Å². The number of cyclic esters (lactones) is 1. The number of aliphatic hydroxyl groups excluding tert-OH is 1. The molecule has 1 aliphatic heterocycles. The lowest BCUT2D eigenvalue weighted by Crippen LogP contribution is -2.42. The maximum atomic E-state index is 13.6. The van der Waals surface area contributed by atoms with E-state index in [1.165, 1.54) is 12.1 Å². The van der Waals surface area contributed by atoms with Crippen LogP contribution in [0.3, 0.4) is 0 Å². The molecule has 1 aromatic heterocycles. The summed E-state index contributed by atoms with van der Waals surface area (Å²) < 4.78 is 78.5.